The number of hydrogen-bond acceptors (Lipinski definition) is 5. The Morgan fingerprint density at radius 3 is 2.30 bits per heavy atom. The first-order valence-corrected chi connectivity index (χ1v) is 15.9. The summed E-state index contributed by atoms with van der Waals surface area (Å²) in [6.45, 7) is 8.67. The first-order valence-electron chi connectivity index (χ1n) is 15.9. The van der Waals surface area contributed by atoms with Crippen molar-refractivity contribution >= 4 is 35.0 Å². The van der Waals surface area contributed by atoms with Gasteiger partial charge >= 0.3 is 0 Å². The summed E-state index contributed by atoms with van der Waals surface area (Å²) in [7, 11) is 0. The number of nitrogens with one attached hydrogen (secondary N) is 1. The van der Waals surface area contributed by atoms with E-state index in [1.54, 1.807) is 0 Å². The number of carbonyl (C=O) groups is 2. The molecule has 44 heavy (non-hydrogen) atoms. The second-order valence-corrected chi connectivity index (χ2v) is 12.6. The maximum Gasteiger partial charge on any atom is 0.238 e. The van der Waals surface area contributed by atoms with Crippen LogP contribution in [0.4, 0.5) is 17.1 Å². The lowest BCUT2D eigenvalue weighted by molar-refractivity contribution is -0.122. The van der Waals surface area contributed by atoms with Crippen LogP contribution in [0.25, 0.3) is 6.08 Å². The highest BCUT2D eigenvalue weighted by atomic mass is 16.5. The minimum atomic E-state index is -0.373. The molecule has 2 amide bonds. The zero-order valence-corrected chi connectivity index (χ0v) is 26.1. The number of amides is 2. The van der Waals surface area contributed by atoms with Gasteiger partial charge in [0.1, 0.15) is 5.75 Å². The Bertz CT molecular complexity index is 1600. The zero-order chi connectivity index (χ0) is 31.0. The minimum Gasteiger partial charge on any atom is -0.507 e. The number of hydrogen-bond donors (Lipinski definition) is 2. The average Bonchev–Trinajstić information content (AvgIpc) is 3.54. The fourth-order valence-corrected chi connectivity index (χ4v) is 7.48. The smallest absolute Gasteiger partial charge is 0.238 e. The van der Waals surface area contributed by atoms with Crippen molar-refractivity contribution in [3.63, 3.8) is 0 Å². The molecule has 6 nitrogen and oxygen atoms in total. The molecule has 3 aromatic rings. The lowest BCUT2D eigenvalue weighted by Crippen LogP contribution is -2.34. The molecule has 0 bridgehead atoms. The Morgan fingerprint density at radius 1 is 0.932 bits per heavy atom. The van der Waals surface area contributed by atoms with Crippen LogP contribution in [0.2, 0.25) is 0 Å². The molecule has 3 aromatic carbocycles. The van der Waals surface area contributed by atoms with Crippen LogP contribution >= 0.6 is 0 Å². The number of fused-ring (bicyclic) bond motifs is 3. The second-order valence-electron chi connectivity index (χ2n) is 12.6. The third kappa shape index (κ3) is 5.71. The monoisotopic (exact) mass is 590 g/mol. The van der Waals surface area contributed by atoms with Crippen LogP contribution < -0.4 is 10.2 Å². The van der Waals surface area contributed by atoms with Crippen LogP contribution in [0.1, 0.15) is 62.6 Å². The van der Waals surface area contributed by atoms with Crippen molar-refractivity contribution in [2.45, 2.75) is 65.9 Å². The van der Waals surface area contributed by atoms with Crippen molar-refractivity contribution in [1.82, 2.24) is 0 Å². The van der Waals surface area contributed by atoms with Gasteiger partial charge in [-0.05, 0) is 117 Å². The molecular weight excluding hydrogens is 548 g/mol. The first kappa shape index (κ1) is 29.9. The minimum absolute atomic E-state index is 0.0372. The van der Waals surface area contributed by atoms with Gasteiger partial charge in [-0.1, -0.05) is 48.8 Å². The summed E-state index contributed by atoms with van der Waals surface area (Å²) >= 11 is 0. The average molecular weight is 591 g/mol. The van der Waals surface area contributed by atoms with Crippen molar-refractivity contribution in [2.24, 2.45) is 17.8 Å². The van der Waals surface area contributed by atoms with Gasteiger partial charge in [0.2, 0.25) is 11.8 Å². The van der Waals surface area contributed by atoms with Crippen LogP contribution in [0, 0.1) is 31.6 Å². The van der Waals surface area contributed by atoms with E-state index in [9.17, 15) is 14.7 Å². The molecule has 0 aromatic heterocycles. The van der Waals surface area contributed by atoms with E-state index < -0.39 is 0 Å². The summed E-state index contributed by atoms with van der Waals surface area (Å²) in [4.78, 5) is 29.0. The Kier molecular flexibility index (Phi) is 8.46. The number of benzene rings is 3. The van der Waals surface area contributed by atoms with Crippen molar-refractivity contribution < 1.29 is 19.4 Å². The fraction of sp³-hybridized carbons (Fsp3) is 0.368. The molecule has 0 spiro atoms. The Morgan fingerprint density at radius 2 is 1.61 bits per heavy atom. The normalized spacial score (nSPS) is 23.3. The van der Waals surface area contributed by atoms with E-state index in [2.05, 4.69) is 25.2 Å². The van der Waals surface area contributed by atoms with Crippen LogP contribution in [-0.4, -0.2) is 29.6 Å². The molecule has 4 atom stereocenters. The second kappa shape index (κ2) is 12.4. The van der Waals surface area contributed by atoms with Gasteiger partial charge in [-0.25, -0.2) is 0 Å². The molecule has 2 N–H and O–H groups in total. The van der Waals surface area contributed by atoms with Crippen molar-refractivity contribution in [1.29, 1.82) is 0 Å². The first-order chi connectivity index (χ1) is 21.2. The molecule has 6 heteroatoms. The van der Waals surface area contributed by atoms with E-state index >= 15 is 0 Å². The van der Waals surface area contributed by atoms with Gasteiger partial charge < -0.3 is 15.2 Å². The third-order valence-electron chi connectivity index (χ3n) is 9.52. The molecular formula is C38H42N2O4. The van der Waals surface area contributed by atoms with Crippen molar-refractivity contribution in [2.75, 3.05) is 16.8 Å². The molecule has 6 rings (SSSR count). The molecule has 0 radical (unpaired) electrons. The van der Waals surface area contributed by atoms with Gasteiger partial charge in [0.05, 0.1) is 30.2 Å². The van der Waals surface area contributed by atoms with Crippen LogP contribution in [0.5, 0.6) is 5.75 Å². The van der Waals surface area contributed by atoms with E-state index in [0.29, 0.717) is 24.5 Å². The summed E-state index contributed by atoms with van der Waals surface area (Å²) in [5.74, 6) is -0.608. The molecule has 0 unspecified atom stereocenters. The van der Waals surface area contributed by atoms with Crippen molar-refractivity contribution in [3.05, 3.63) is 100 Å². The number of aryl methyl sites for hydroxylation is 2. The highest BCUT2D eigenvalue weighted by molar-refractivity contribution is 6.22. The van der Waals surface area contributed by atoms with Crippen LogP contribution in [0.15, 0.2) is 83.4 Å². The number of para-hydroxylation sites is 1. The van der Waals surface area contributed by atoms with Gasteiger partial charge in [0.25, 0.3) is 0 Å². The number of imide groups is 1. The predicted octanol–water partition coefficient (Wildman–Crippen LogP) is 8.26. The van der Waals surface area contributed by atoms with Gasteiger partial charge in [-0.3, -0.25) is 14.5 Å². The van der Waals surface area contributed by atoms with Gasteiger partial charge in [-0.2, -0.15) is 0 Å². The summed E-state index contributed by atoms with van der Waals surface area (Å²) in [5, 5.41) is 13.6. The Labute approximate surface area is 260 Å². The van der Waals surface area contributed by atoms with E-state index in [-0.39, 0.29) is 35.7 Å². The number of aromatic hydroxyl groups is 1. The van der Waals surface area contributed by atoms with Gasteiger partial charge in [-0.15, -0.1) is 0 Å². The number of allylic oxidation sites excluding steroid dienone is 2. The van der Waals surface area contributed by atoms with Gasteiger partial charge in [0, 0.05) is 17.3 Å². The highest BCUT2D eigenvalue weighted by Gasteiger charge is 2.56. The number of anilines is 3. The largest absolute Gasteiger partial charge is 0.507 e. The Hall–Kier alpha value is -4.16. The molecule has 228 valence electrons. The SMILES string of the molecule is CCC/C(=C\c1cc(C)c(O)c(C)c1)CC[C@H]1OC[C@H]2C1=C(C)C[C@H]1C(=O)N(c3ccc(Nc4ccccc4)cc3)C(=O)[C@H]12. The topological polar surface area (TPSA) is 78.9 Å². The number of nitrogens with zero attached hydrogens (tertiary/aromatic N) is 1. The standard InChI is InChI=1S/C38H42N2O4/c1-5-9-26(21-27-18-24(3)36(41)25(4)19-27)12-17-33-34-23(2)20-31-35(32(34)22-44-33)38(43)40(37(31)42)30-15-13-29(14-16-30)39-28-10-7-6-8-11-28/h6-8,10-11,13-16,18-19,21,31-33,35,39,41H,5,9,12,17,20,22H2,1-4H3/b26-21+/t31-,32+,33-,35-/m1/s1. The zero-order valence-electron chi connectivity index (χ0n) is 26.1. The molecule has 2 heterocycles. The van der Waals surface area contributed by atoms with Crippen LogP contribution in [-0.2, 0) is 14.3 Å². The number of rotatable bonds is 9. The lowest BCUT2D eigenvalue weighted by Gasteiger charge is -2.30. The Balaban J connectivity index is 1.16. The predicted molar refractivity (Wildman–Crippen MR) is 176 cm³/mol. The van der Waals surface area contributed by atoms with Gasteiger partial charge in [0.15, 0.2) is 0 Å². The van der Waals surface area contributed by atoms with Crippen molar-refractivity contribution in [3.8, 4) is 5.75 Å². The number of phenols is 1. The third-order valence-corrected chi connectivity index (χ3v) is 9.52. The number of phenolic OH excluding ortho intramolecular Hbond substituents is 1. The number of carbonyl (C=O) groups excluding carboxylic acids is 2. The molecule has 2 fully saturated rings. The molecule has 2 aliphatic heterocycles. The van der Waals surface area contributed by atoms with E-state index in [1.807, 2.05) is 80.6 Å². The quantitative estimate of drug-likeness (QED) is 0.194. The summed E-state index contributed by atoms with van der Waals surface area (Å²) in [5.41, 5.74) is 9.19. The van der Waals surface area contributed by atoms with E-state index in [4.69, 9.17) is 4.74 Å². The molecule has 1 aliphatic carbocycles. The fourth-order valence-electron chi connectivity index (χ4n) is 7.48. The molecule has 2 saturated heterocycles. The molecule has 3 aliphatic rings. The van der Waals surface area contributed by atoms with E-state index in [0.717, 1.165) is 53.7 Å². The summed E-state index contributed by atoms with van der Waals surface area (Å²) in [6.07, 6.45) is 6.63. The lowest BCUT2D eigenvalue weighted by atomic mass is 9.70. The molecule has 0 saturated carbocycles. The maximum atomic E-state index is 13.9. The number of ether oxygens (including phenoxy) is 1. The van der Waals surface area contributed by atoms with E-state index in [1.165, 1.54) is 21.6 Å². The maximum absolute atomic E-state index is 13.9. The summed E-state index contributed by atoms with van der Waals surface area (Å²) < 4.78 is 6.40. The summed E-state index contributed by atoms with van der Waals surface area (Å²) in [6, 6.07) is 21.5. The van der Waals surface area contributed by atoms with Crippen LogP contribution in [0.3, 0.4) is 0 Å². The highest BCUT2D eigenvalue weighted by Crippen LogP contribution is 2.50.